The van der Waals surface area contributed by atoms with Gasteiger partial charge in [-0.15, -0.1) is 24.8 Å². The van der Waals surface area contributed by atoms with Crippen molar-refractivity contribution in [2.75, 3.05) is 13.1 Å². The van der Waals surface area contributed by atoms with Crippen molar-refractivity contribution >= 4 is 30.7 Å². The van der Waals surface area contributed by atoms with E-state index in [1.54, 1.807) is 11.1 Å². The molecule has 120 valence electrons. The average molecular weight is 336 g/mol. The SMILES string of the molecule is CCN(Cc1ccccn1)C(=O)[C@@H]1CC[C@H](CN)O1.Cl.Cl. The number of aromatic nitrogens is 1. The monoisotopic (exact) mass is 335 g/mol. The molecule has 1 aromatic heterocycles. The van der Waals surface area contributed by atoms with Gasteiger partial charge in [0.25, 0.3) is 5.91 Å². The first-order valence-electron chi connectivity index (χ1n) is 6.78. The highest BCUT2D eigenvalue weighted by Crippen LogP contribution is 2.21. The Hall–Kier alpha value is -0.880. The predicted molar refractivity (Wildman–Crippen MR) is 86.8 cm³/mol. The number of amides is 1. The smallest absolute Gasteiger partial charge is 0.252 e. The van der Waals surface area contributed by atoms with Gasteiger partial charge in [-0.25, -0.2) is 0 Å². The molecule has 0 bridgehead atoms. The van der Waals surface area contributed by atoms with Gasteiger partial charge in [0.05, 0.1) is 18.3 Å². The molecule has 1 aromatic rings. The van der Waals surface area contributed by atoms with Gasteiger partial charge in [-0.1, -0.05) is 6.07 Å². The number of hydrogen-bond acceptors (Lipinski definition) is 4. The number of hydrogen-bond donors (Lipinski definition) is 1. The van der Waals surface area contributed by atoms with Crippen LogP contribution in [0.15, 0.2) is 24.4 Å². The third kappa shape index (κ3) is 5.43. The van der Waals surface area contributed by atoms with Crippen LogP contribution in [0.3, 0.4) is 0 Å². The van der Waals surface area contributed by atoms with E-state index < -0.39 is 0 Å². The Morgan fingerprint density at radius 1 is 1.43 bits per heavy atom. The predicted octanol–water partition coefficient (Wildman–Crippen LogP) is 1.78. The second kappa shape index (κ2) is 9.95. The fourth-order valence-corrected chi connectivity index (χ4v) is 2.30. The maximum Gasteiger partial charge on any atom is 0.252 e. The van der Waals surface area contributed by atoms with Crippen molar-refractivity contribution in [2.24, 2.45) is 5.73 Å². The minimum atomic E-state index is -0.336. The summed E-state index contributed by atoms with van der Waals surface area (Å²) in [7, 11) is 0. The van der Waals surface area contributed by atoms with Gasteiger partial charge in [-0.2, -0.15) is 0 Å². The second-order valence-electron chi connectivity index (χ2n) is 4.73. The van der Waals surface area contributed by atoms with E-state index in [-0.39, 0.29) is 42.9 Å². The van der Waals surface area contributed by atoms with Gasteiger partial charge in [-0.05, 0) is 31.9 Å². The normalized spacial score (nSPS) is 20.3. The molecule has 0 aliphatic carbocycles. The topological polar surface area (TPSA) is 68.5 Å². The van der Waals surface area contributed by atoms with E-state index in [0.29, 0.717) is 19.6 Å². The molecule has 0 radical (unpaired) electrons. The molecule has 5 nitrogen and oxygen atoms in total. The second-order valence-corrected chi connectivity index (χ2v) is 4.73. The van der Waals surface area contributed by atoms with Crippen LogP contribution in [-0.4, -0.2) is 41.1 Å². The van der Waals surface area contributed by atoms with E-state index >= 15 is 0 Å². The van der Waals surface area contributed by atoms with Gasteiger partial charge in [0.1, 0.15) is 6.10 Å². The number of likely N-dealkylation sites (N-methyl/N-ethyl adjacent to an activating group) is 1. The molecule has 1 aliphatic heterocycles. The van der Waals surface area contributed by atoms with E-state index in [1.165, 1.54) is 0 Å². The van der Waals surface area contributed by atoms with Gasteiger partial charge in [-0.3, -0.25) is 9.78 Å². The van der Waals surface area contributed by atoms with Crippen LogP contribution in [0, 0.1) is 0 Å². The highest BCUT2D eigenvalue weighted by Gasteiger charge is 2.32. The molecule has 2 atom stereocenters. The molecule has 2 rings (SSSR count). The molecular weight excluding hydrogens is 313 g/mol. The Morgan fingerprint density at radius 2 is 2.19 bits per heavy atom. The van der Waals surface area contributed by atoms with E-state index in [9.17, 15) is 4.79 Å². The summed E-state index contributed by atoms with van der Waals surface area (Å²) in [4.78, 5) is 18.4. The Labute approximate surface area is 138 Å². The highest BCUT2D eigenvalue weighted by atomic mass is 35.5. The standard InChI is InChI=1S/C14H21N3O2.2ClH/c1-2-17(10-11-5-3-4-8-16-11)14(18)13-7-6-12(9-15)19-13;;/h3-5,8,12-13H,2,6-7,9-10,15H2,1H3;2*1H/t12-,13+;;/m1../s1. The molecule has 0 spiro atoms. The largest absolute Gasteiger partial charge is 0.364 e. The summed E-state index contributed by atoms with van der Waals surface area (Å²) in [6.45, 7) is 3.64. The van der Waals surface area contributed by atoms with Crippen LogP contribution < -0.4 is 5.73 Å². The fraction of sp³-hybridized carbons (Fsp3) is 0.571. The molecule has 0 unspecified atom stereocenters. The van der Waals surface area contributed by atoms with Crippen LogP contribution in [0.4, 0.5) is 0 Å². The number of nitrogens with two attached hydrogens (primary N) is 1. The minimum absolute atomic E-state index is 0. The van der Waals surface area contributed by atoms with Crippen molar-refractivity contribution in [2.45, 2.75) is 38.5 Å². The minimum Gasteiger partial charge on any atom is -0.364 e. The lowest BCUT2D eigenvalue weighted by Crippen LogP contribution is -2.39. The Morgan fingerprint density at radius 3 is 2.71 bits per heavy atom. The quantitative estimate of drug-likeness (QED) is 0.890. The first-order chi connectivity index (χ1) is 9.24. The molecule has 0 aromatic carbocycles. The summed E-state index contributed by atoms with van der Waals surface area (Å²) in [5, 5.41) is 0. The summed E-state index contributed by atoms with van der Waals surface area (Å²) in [5.74, 6) is 0.0455. The van der Waals surface area contributed by atoms with Crippen LogP contribution in [0.2, 0.25) is 0 Å². The molecule has 1 amide bonds. The maximum atomic E-state index is 12.4. The molecule has 1 saturated heterocycles. The number of rotatable bonds is 5. The number of ether oxygens (including phenoxy) is 1. The Balaban J connectivity index is 0.00000200. The highest BCUT2D eigenvalue weighted by molar-refractivity contribution is 5.85. The maximum absolute atomic E-state index is 12.4. The Kier molecular flexibility index (Phi) is 9.53. The molecule has 2 N–H and O–H groups in total. The first-order valence-corrected chi connectivity index (χ1v) is 6.78. The summed E-state index contributed by atoms with van der Waals surface area (Å²) < 4.78 is 5.66. The van der Waals surface area contributed by atoms with Crippen LogP contribution in [0.25, 0.3) is 0 Å². The third-order valence-electron chi connectivity index (χ3n) is 3.42. The molecule has 2 heterocycles. The van der Waals surface area contributed by atoms with Crippen LogP contribution in [-0.2, 0) is 16.1 Å². The van der Waals surface area contributed by atoms with E-state index in [0.717, 1.165) is 18.5 Å². The van der Waals surface area contributed by atoms with Gasteiger partial charge in [0.2, 0.25) is 0 Å². The number of carbonyl (C=O) groups is 1. The van der Waals surface area contributed by atoms with Gasteiger partial charge in [0.15, 0.2) is 0 Å². The van der Waals surface area contributed by atoms with Crippen LogP contribution in [0.5, 0.6) is 0 Å². The van der Waals surface area contributed by atoms with Gasteiger partial charge in [0, 0.05) is 19.3 Å². The number of pyridine rings is 1. The zero-order valence-electron chi connectivity index (χ0n) is 12.1. The first kappa shape index (κ1) is 20.1. The zero-order chi connectivity index (χ0) is 13.7. The van der Waals surface area contributed by atoms with Crippen molar-refractivity contribution in [3.05, 3.63) is 30.1 Å². The number of carbonyl (C=O) groups excluding carboxylic acids is 1. The number of halogens is 2. The fourth-order valence-electron chi connectivity index (χ4n) is 2.30. The van der Waals surface area contributed by atoms with E-state index in [4.69, 9.17) is 10.5 Å². The van der Waals surface area contributed by atoms with Gasteiger partial charge >= 0.3 is 0 Å². The van der Waals surface area contributed by atoms with Crippen molar-refractivity contribution in [1.29, 1.82) is 0 Å². The summed E-state index contributed by atoms with van der Waals surface area (Å²) in [6, 6.07) is 5.72. The Bertz CT molecular complexity index is 420. The van der Waals surface area contributed by atoms with E-state index in [2.05, 4.69) is 4.98 Å². The summed E-state index contributed by atoms with van der Waals surface area (Å²) >= 11 is 0. The summed E-state index contributed by atoms with van der Waals surface area (Å²) in [5.41, 5.74) is 6.46. The van der Waals surface area contributed by atoms with Gasteiger partial charge < -0.3 is 15.4 Å². The van der Waals surface area contributed by atoms with Crippen molar-refractivity contribution in [1.82, 2.24) is 9.88 Å². The molecule has 1 fully saturated rings. The lowest BCUT2D eigenvalue weighted by molar-refractivity contribution is -0.143. The lowest BCUT2D eigenvalue weighted by Gasteiger charge is -2.24. The zero-order valence-corrected chi connectivity index (χ0v) is 13.7. The molecular formula is C14H23Cl2N3O2. The van der Waals surface area contributed by atoms with Crippen molar-refractivity contribution in [3.8, 4) is 0 Å². The summed E-state index contributed by atoms with van der Waals surface area (Å²) in [6.07, 6.45) is 3.07. The van der Waals surface area contributed by atoms with Crippen molar-refractivity contribution < 1.29 is 9.53 Å². The molecule has 21 heavy (non-hydrogen) atoms. The molecule has 1 aliphatic rings. The lowest BCUT2D eigenvalue weighted by atomic mass is 10.1. The molecule has 0 saturated carbocycles. The van der Waals surface area contributed by atoms with E-state index in [1.807, 2.05) is 25.1 Å². The number of nitrogens with zero attached hydrogens (tertiary/aromatic N) is 2. The van der Waals surface area contributed by atoms with Crippen molar-refractivity contribution in [3.63, 3.8) is 0 Å². The molecule has 7 heteroatoms. The average Bonchev–Trinajstić information content (AvgIpc) is 2.94. The van der Waals surface area contributed by atoms with Crippen LogP contribution >= 0.6 is 24.8 Å². The third-order valence-corrected chi connectivity index (χ3v) is 3.42. The van der Waals surface area contributed by atoms with Crippen LogP contribution in [0.1, 0.15) is 25.5 Å².